The van der Waals surface area contributed by atoms with Crippen LogP contribution < -0.4 is 10.9 Å². The molecular weight excluding hydrogens is 472 g/mol. The number of hydrogen-bond donors (Lipinski definition) is 1. The number of piperidine rings is 1. The number of benzene rings is 1. The van der Waals surface area contributed by atoms with Crippen molar-refractivity contribution >= 4 is 54.8 Å². The maximum Gasteiger partial charge on any atom is 0.263 e. The van der Waals surface area contributed by atoms with E-state index in [0.717, 1.165) is 17.4 Å². The van der Waals surface area contributed by atoms with Crippen LogP contribution >= 0.6 is 22.9 Å². The number of carbonyl (C=O) groups excluding carboxylic acids is 1. The van der Waals surface area contributed by atoms with Gasteiger partial charge < -0.3 is 5.32 Å². The molecule has 2 aromatic heterocycles. The van der Waals surface area contributed by atoms with E-state index in [0.29, 0.717) is 39.4 Å². The number of carbonyl (C=O) groups is 1. The van der Waals surface area contributed by atoms with E-state index in [-0.39, 0.29) is 16.8 Å². The Kier molecular flexibility index (Phi) is 6.39. The monoisotopic (exact) mass is 494 g/mol. The fourth-order valence-corrected chi connectivity index (χ4v) is 7.14. The lowest BCUT2D eigenvalue weighted by Crippen LogP contribution is -2.38. The summed E-state index contributed by atoms with van der Waals surface area (Å²) in [6, 6.07) is 6.66. The van der Waals surface area contributed by atoms with Gasteiger partial charge in [0.1, 0.15) is 16.3 Å². The number of nitrogens with zero attached hydrogens (tertiary/aromatic N) is 3. The Hall–Kier alpha value is -2.27. The number of anilines is 1. The van der Waals surface area contributed by atoms with Gasteiger partial charge in [0.25, 0.3) is 5.56 Å². The van der Waals surface area contributed by atoms with Crippen LogP contribution in [0.5, 0.6) is 0 Å². The summed E-state index contributed by atoms with van der Waals surface area (Å²) in [5.41, 5.74) is -0.0527. The lowest BCUT2D eigenvalue weighted by atomic mass is 10.0. The highest BCUT2D eigenvalue weighted by Gasteiger charge is 2.33. The first-order valence-corrected chi connectivity index (χ1v) is 12.8. The minimum atomic E-state index is -3.85. The molecule has 1 fully saturated rings. The van der Waals surface area contributed by atoms with Crippen LogP contribution in [0.2, 0.25) is 5.02 Å². The molecule has 0 radical (unpaired) electrons. The average molecular weight is 495 g/mol. The third-order valence-corrected chi connectivity index (χ3v) is 9.01. The minimum absolute atomic E-state index is 0.00847. The summed E-state index contributed by atoms with van der Waals surface area (Å²) in [4.78, 5) is 30.9. The molecular formula is C21H23ClN4O4S2. The number of amides is 1. The third kappa shape index (κ3) is 4.45. The zero-order valence-corrected chi connectivity index (χ0v) is 20.1. The fourth-order valence-electron chi connectivity index (χ4n) is 3.81. The van der Waals surface area contributed by atoms with Gasteiger partial charge >= 0.3 is 0 Å². The second kappa shape index (κ2) is 8.93. The molecule has 3 heterocycles. The molecule has 4 rings (SSSR count). The standard InChI is InChI=1S/C21H23ClN4O4S2/c1-13-6-8-26(9-7-13)32(29,30)19-14(2)31-20-18(19)21(28)25(12-23-20)11-17(27)24-16-5-3-4-15(22)10-16/h3-5,10,12-13H,6-9,11H2,1-2H3,(H,24,27). The van der Waals surface area contributed by atoms with Crippen molar-refractivity contribution in [2.45, 2.75) is 38.1 Å². The first-order valence-electron chi connectivity index (χ1n) is 10.2. The van der Waals surface area contributed by atoms with Gasteiger partial charge in [-0.1, -0.05) is 24.6 Å². The van der Waals surface area contributed by atoms with Gasteiger partial charge in [0.05, 0.1) is 11.7 Å². The smallest absolute Gasteiger partial charge is 0.263 e. The number of thiophene rings is 1. The first-order chi connectivity index (χ1) is 15.2. The van der Waals surface area contributed by atoms with Crippen LogP contribution in [0.1, 0.15) is 24.6 Å². The largest absolute Gasteiger partial charge is 0.324 e. The lowest BCUT2D eigenvalue weighted by Gasteiger charge is -2.29. The fraction of sp³-hybridized carbons (Fsp3) is 0.381. The summed E-state index contributed by atoms with van der Waals surface area (Å²) >= 11 is 7.11. The number of aromatic nitrogens is 2. The highest BCUT2D eigenvalue weighted by Crippen LogP contribution is 2.34. The molecule has 0 aliphatic carbocycles. The van der Waals surface area contributed by atoms with E-state index in [2.05, 4.69) is 17.2 Å². The predicted molar refractivity (Wildman–Crippen MR) is 126 cm³/mol. The summed E-state index contributed by atoms with van der Waals surface area (Å²) in [5, 5.41) is 3.19. The molecule has 8 nitrogen and oxygen atoms in total. The SMILES string of the molecule is Cc1sc2ncn(CC(=O)Nc3cccc(Cl)c3)c(=O)c2c1S(=O)(=O)N1CCC(C)CC1. The predicted octanol–water partition coefficient (Wildman–Crippen LogP) is 3.48. The molecule has 3 aromatic rings. The maximum absolute atomic E-state index is 13.4. The van der Waals surface area contributed by atoms with Gasteiger partial charge in [-0.3, -0.25) is 14.2 Å². The molecule has 0 atom stereocenters. The Morgan fingerprint density at radius 3 is 2.72 bits per heavy atom. The number of rotatable bonds is 5. The van der Waals surface area contributed by atoms with Crippen molar-refractivity contribution in [3.8, 4) is 0 Å². The Morgan fingerprint density at radius 1 is 1.31 bits per heavy atom. The van der Waals surface area contributed by atoms with Crippen molar-refractivity contribution in [2.24, 2.45) is 5.92 Å². The molecule has 1 N–H and O–H groups in total. The van der Waals surface area contributed by atoms with E-state index in [1.54, 1.807) is 31.2 Å². The third-order valence-electron chi connectivity index (χ3n) is 5.56. The summed E-state index contributed by atoms with van der Waals surface area (Å²) in [6.07, 6.45) is 2.84. The molecule has 0 saturated carbocycles. The Balaban J connectivity index is 1.68. The van der Waals surface area contributed by atoms with Gasteiger partial charge in [0, 0.05) is 28.7 Å². The number of aryl methyl sites for hydroxylation is 1. The van der Waals surface area contributed by atoms with E-state index < -0.39 is 21.5 Å². The number of sulfonamides is 1. The van der Waals surface area contributed by atoms with Crippen LogP contribution in [-0.4, -0.2) is 41.3 Å². The van der Waals surface area contributed by atoms with Crippen LogP contribution in [0, 0.1) is 12.8 Å². The second-order valence-corrected chi connectivity index (χ2v) is 11.5. The number of hydrogen-bond acceptors (Lipinski definition) is 6. The van der Waals surface area contributed by atoms with Crippen LogP contribution in [0.4, 0.5) is 5.69 Å². The zero-order valence-electron chi connectivity index (χ0n) is 17.7. The number of nitrogens with one attached hydrogen (secondary N) is 1. The van der Waals surface area contributed by atoms with E-state index >= 15 is 0 Å². The molecule has 11 heteroatoms. The van der Waals surface area contributed by atoms with Crippen molar-refractivity contribution < 1.29 is 13.2 Å². The molecule has 0 spiro atoms. The highest BCUT2D eigenvalue weighted by atomic mass is 35.5. The summed E-state index contributed by atoms with van der Waals surface area (Å²) in [7, 11) is -3.85. The molecule has 1 saturated heterocycles. The molecule has 0 unspecified atom stereocenters. The average Bonchev–Trinajstić information content (AvgIpc) is 3.08. The summed E-state index contributed by atoms with van der Waals surface area (Å²) in [6.45, 7) is 4.34. The minimum Gasteiger partial charge on any atom is -0.324 e. The van der Waals surface area contributed by atoms with Gasteiger partial charge in [-0.25, -0.2) is 13.4 Å². The zero-order chi connectivity index (χ0) is 23.0. The summed E-state index contributed by atoms with van der Waals surface area (Å²) < 4.78 is 29.4. The van der Waals surface area contributed by atoms with Gasteiger partial charge in [0.2, 0.25) is 15.9 Å². The first kappa shape index (κ1) is 22.9. The van der Waals surface area contributed by atoms with E-state index in [4.69, 9.17) is 11.6 Å². The highest BCUT2D eigenvalue weighted by molar-refractivity contribution is 7.89. The van der Waals surface area contributed by atoms with Crippen LogP contribution in [0.3, 0.4) is 0 Å². The second-order valence-electron chi connectivity index (χ2n) is 7.99. The molecule has 32 heavy (non-hydrogen) atoms. The van der Waals surface area contributed by atoms with Gasteiger partial charge in [-0.15, -0.1) is 11.3 Å². The van der Waals surface area contributed by atoms with Gasteiger partial charge in [0.15, 0.2) is 0 Å². The quantitative estimate of drug-likeness (QED) is 0.585. The van der Waals surface area contributed by atoms with Crippen LogP contribution in [0.25, 0.3) is 10.2 Å². The Bertz CT molecular complexity index is 1340. The number of fused-ring (bicyclic) bond motifs is 1. The maximum atomic E-state index is 13.4. The van der Waals surface area contributed by atoms with E-state index in [1.807, 2.05) is 0 Å². The van der Waals surface area contributed by atoms with Crippen LogP contribution in [0.15, 0.2) is 40.3 Å². The molecule has 1 aliphatic rings. The Morgan fingerprint density at radius 2 is 2.03 bits per heavy atom. The molecule has 1 aromatic carbocycles. The van der Waals surface area contributed by atoms with Crippen molar-refractivity contribution in [3.63, 3.8) is 0 Å². The number of halogens is 1. The van der Waals surface area contributed by atoms with Gasteiger partial charge in [-0.05, 0) is 43.9 Å². The van der Waals surface area contributed by atoms with Crippen molar-refractivity contribution in [2.75, 3.05) is 18.4 Å². The van der Waals surface area contributed by atoms with Crippen molar-refractivity contribution in [1.29, 1.82) is 0 Å². The molecule has 170 valence electrons. The molecule has 1 aliphatic heterocycles. The van der Waals surface area contributed by atoms with Crippen molar-refractivity contribution in [3.05, 3.63) is 50.8 Å². The Labute approximate surface area is 194 Å². The normalized spacial score (nSPS) is 15.8. The van der Waals surface area contributed by atoms with Gasteiger partial charge in [-0.2, -0.15) is 4.31 Å². The van der Waals surface area contributed by atoms with Crippen molar-refractivity contribution in [1.82, 2.24) is 13.9 Å². The van der Waals surface area contributed by atoms with Crippen LogP contribution in [-0.2, 0) is 21.4 Å². The topological polar surface area (TPSA) is 101 Å². The molecule has 0 bridgehead atoms. The van der Waals surface area contributed by atoms with E-state index in [1.165, 1.54) is 22.0 Å². The molecule has 1 amide bonds. The summed E-state index contributed by atoms with van der Waals surface area (Å²) in [5.74, 6) is 0.0237. The van der Waals surface area contributed by atoms with E-state index in [9.17, 15) is 18.0 Å². The lowest BCUT2D eigenvalue weighted by molar-refractivity contribution is -0.116.